The molecule has 0 fully saturated rings. The van der Waals surface area contributed by atoms with Gasteiger partial charge in [-0.1, -0.05) is 58.9 Å². The van der Waals surface area contributed by atoms with Crippen molar-refractivity contribution in [3.63, 3.8) is 0 Å². The molecule has 0 aliphatic rings. The molecule has 0 atom stereocenters. The summed E-state index contributed by atoms with van der Waals surface area (Å²) in [7, 11) is -0.867. The van der Waals surface area contributed by atoms with Crippen LogP contribution in [0.5, 0.6) is 0 Å². The Morgan fingerprint density at radius 2 is 1.43 bits per heavy atom. The van der Waals surface area contributed by atoms with Gasteiger partial charge in [-0.2, -0.15) is 0 Å². The van der Waals surface area contributed by atoms with Crippen LogP contribution in [0.3, 0.4) is 0 Å². The van der Waals surface area contributed by atoms with E-state index in [4.69, 9.17) is 0 Å². The maximum Gasteiger partial charge on any atom is 0.190 e. The maximum absolute atomic E-state index is 2.86. The van der Waals surface area contributed by atoms with Gasteiger partial charge in [0.25, 0.3) is 0 Å². The predicted octanol–water partition coefficient (Wildman–Crippen LogP) is 3.34. The van der Waals surface area contributed by atoms with E-state index in [-0.39, 0.29) is 0 Å². The van der Waals surface area contributed by atoms with E-state index in [2.05, 4.69) is 56.8 Å². The van der Waals surface area contributed by atoms with Crippen LogP contribution in [0.2, 0.25) is 45.6 Å². The molecule has 0 aromatic carbocycles. The standard InChI is InChI=1S/C10H27BNSi2/c1-8-9-10-11-12(13(2,3)4)14(5,6)7/h8,11H,9-10H2,1-7H3. The van der Waals surface area contributed by atoms with Crippen LogP contribution in [0.4, 0.5) is 0 Å². The normalized spacial score (nSPS) is 13.4. The fourth-order valence-corrected chi connectivity index (χ4v) is 11.8. The highest BCUT2D eigenvalue weighted by atomic mass is 28.4. The van der Waals surface area contributed by atoms with E-state index in [0.717, 1.165) is 0 Å². The average Bonchev–Trinajstić information content (AvgIpc) is 1.92. The number of hydrogen-bond acceptors (Lipinski definition) is 1. The molecule has 0 aliphatic carbocycles. The number of rotatable bonds is 6. The lowest BCUT2D eigenvalue weighted by atomic mass is 9.88. The van der Waals surface area contributed by atoms with Gasteiger partial charge in [0.15, 0.2) is 7.41 Å². The lowest BCUT2D eigenvalue weighted by Crippen LogP contribution is -2.60. The Bertz CT molecular complexity index is 146. The van der Waals surface area contributed by atoms with Gasteiger partial charge < -0.3 is 4.14 Å². The van der Waals surface area contributed by atoms with Crippen LogP contribution in [0.1, 0.15) is 13.3 Å². The molecule has 14 heavy (non-hydrogen) atoms. The molecule has 0 saturated carbocycles. The Morgan fingerprint density at radius 1 is 1.00 bits per heavy atom. The number of hydrogen-bond donors (Lipinski definition) is 0. The molecule has 0 aromatic rings. The van der Waals surface area contributed by atoms with Crippen molar-refractivity contribution in [1.82, 2.24) is 4.14 Å². The van der Waals surface area contributed by atoms with Crippen LogP contribution < -0.4 is 0 Å². The maximum atomic E-state index is 2.86. The minimum absolute atomic E-state index is 1.09. The predicted molar refractivity (Wildman–Crippen MR) is 75.1 cm³/mol. The monoisotopic (exact) mass is 228 g/mol. The third-order valence-corrected chi connectivity index (χ3v) is 10.2. The lowest BCUT2D eigenvalue weighted by Gasteiger charge is -2.44. The molecule has 1 nitrogen and oxygen atoms in total. The summed E-state index contributed by atoms with van der Waals surface area (Å²) in [4.78, 5) is 0. The van der Waals surface area contributed by atoms with Crippen molar-refractivity contribution in [2.45, 2.75) is 58.9 Å². The Labute approximate surface area is 93.7 Å². The minimum atomic E-state index is -1.09. The van der Waals surface area contributed by atoms with Crippen molar-refractivity contribution in [3.05, 3.63) is 6.42 Å². The third kappa shape index (κ3) is 5.37. The summed E-state index contributed by atoms with van der Waals surface area (Å²) in [5.41, 5.74) is 0. The molecule has 1 radical (unpaired) electrons. The summed E-state index contributed by atoms with van der Waals surface area (Å²) in [6.07, 6.45) is 4.89. The van der Waals surface area contributed by atoms with Crippen LogP contribution in [-0.4, -0.2) is 28.0 Å². The summed E-state index contributed by atoms with van der Waals surface area (Å²) >= 11 is 0. The molecule has 0 bridgehead atoms. The van der Waals surface area contributed by atoms with E-state index in [1.54, 1.807) is 0 Å². The Hall–Kier alpha value is 0.459. The van der Waals surface area contributed by atoms with Gasteiger partial charge in [-0.05, 0) is 6.42 Å². The molecule has 0 spiro atoms. The van der Waals surface area contributed by atoms with E-state index < -0.39 is 16.5 Å². The molecule has 0 aromatic heterocycles. The molecule has 0 heterocycles. The number of nitrogens with zero attached hydrogens (tertiary/aromatic N) is 1. The topological polar surface area (TPSA) is 3.24 Å². The highest BCUT2D eigenvalue weighted by Gasteiger charge is 2.33. The van der Waals surface area contributed by atoms with Gasteiger partial charge in [-0.3, -0.25) is 0 Å². The second-order valence-electron chi connectivity index (χ2n) is 6.04. The zero-order valence-corrected chi connectivity index (χ0v) is 13.1. The highest BCUT2D eigenvalue weighted by Crippen LogP contribution is 2.19. The smallest absolute Gasteiger partial charge is 0.190 e. The lowest BCUT2D eigenvalue weighted by molar-refractivity contribution is 0.921. The van der Waals surface area contributed by atoms with Crippen molar-refractivity contribution in [2.24, 2.45) is 0 Å². The van der Waals surface area contributed by atoms with Crippen molar-refractivity contribution in [2.75, 3.05) is 0 Å². The Morgan fingerprint density at radius 3 is 1.71 bits per heavy atom. The average molecular weight is 228 g/mol. The van der Waals surface area contributed by atoms with E-state index >= 15 is 0 Å². The SMILES string of the molecule is C[CH]CCBN([Si](C)(C)C)[Si](C)(C)C. The summed E-state index contributed by atoms with van der Waals surface area (Å²) in [6, 6.07) is 0. The molecule has 83 valence electrons. The quantitative estimate of drug-likeness (QED) is 0.498. The molecule has 0 aliphatic heterocycles. The van der Waals surface area contributed by atoms with Crippen LogP contribution in [0, 0.1) is 6.42 Å². The van der Waals surface area contributed by atoms with E-state index in [1.807, 2.05) is 0 Å². The summed E-state index contributed by atoms with van der Waals surface area (Å²) in [5.74, 6) is 0. The second-order valence-corrected chi connectivity index (χ2v) is 16.3. The fourth-order valence-electron chi connectivity index (χ4n) is 2.13. The third-order valence-electron chi connectivity index (χ3n) is 2.49. The molecule has 0 rings (SSSR count). The molecular formula is C10H27BNSi2. The van der Waals surface area contributed by atoms with Crippen molar-refractivity contribution in [3.8, 4) is 0 Å². The molecule has 0 amide bonds. The van der Waals surface area contributed by atoms with Crippen LogP contribution in [0.15, 0.2) is 0 Å². The van der Waals surface area contributed by atoms with Gasteiger partial charge in [-0.15, -0.1) is 0 Å². The van der Waals surface area contributed by atoms with Gasteiger partial charge >= 0.3 is 0 Å². The Kier molecular flexibility index (Phi) is 5.70. The molecule has 0 saturated heterocycles. The molecule has 4 heteroatoms. The van der Waals surface area contributed by atoms with Crippen LogP contribution in [0.25, 0.3) is 0 Å². The zero-order chi connectivity index (χ0) is 11.4. The first kappa shape index (κ1) is 14.5. The van der Waals surface area contributed by atoms with Crippen molar-refractivity contribution in [1.29, 1.82) is 0 Å². The van der Waals surface area contributed by atoms with Gasteiger partial charge in [0.2, 0.25) is 0 Å². The second kappa shape index (κ2) is 5.52. The van der Waals surface area contributed by atoms with Crippen molar-refractivity contribution >= 4 is 23.9 Å². The fraction of sp³-hybridized carbons (Fsp3) is 0.900. The molecular weight excluding hydrogens is 201 g/mol. The summed E-state index contributed by atoms with van der Waals surface area (Å²) in [5, 5.41) is 0. The molecule has 0 N–H and O–H groups in total. The number of unbranched alkanes of at least 4 members (excludes halogenated alkanes) is 1. The van der Waals surface area contributed by atoms with E-state index in [1.165, 1.54) is 20.2 Å². The zero-order valence-electron chi connectivity index (χ0n) is 11.1. The largest absolute Gasteiger partial charge is 0.391 e. The summed E-state index contributed by atoms with van der Waals surface area (Å²) < 4.78 is 2.86. The minimum Gasteiger partial charge on any atom is -0.391 e. The van der Waals surface area contributed by atoms with Gasteiger partial charge in [0, 0.05) is 0 Å². The van der Waals surface area contributed by atoms with Crippen molar-refractivity contribution < 1.29 is 0 Å². The van der Waals surface area contributed by atoms with Gasteiger partial charge in [0.1, 0.15) is 16.5 Å². The van der Waals surface area contributed by atoms with E-state index in [0.29, 0.717) is 0 Å². The van der Waals surface area contributed by atoms with Crippen LogP contribution in [-0.2, 0) is 0 Å². The Balaban J connectivity index is 4.28. The first-order chi connectivity index (χ1) is 6.19. The highest BCUT2D eigenvalue weighted by molar-refractivity contribution is 6.96. The summed E-state index contributed by atoms with van der Waals surface area (Å²) in [6.45, 7) is 17.0. The molecule has 0 unspecified atom stereocenters. The van der Waals surface area contributed by atoms with Gasteiger partial charge in [-0.25, -0.2) is 0 Å². The van der Waals surface area contributed by atoms with E-state index in [9.17, 15) is 0 Å². The van der Waals surface area contributed by atoms with Crippen LogP contribution >= 0.6 is 0 Å². The van der Waals surface area contributed by atoms with Gasteiger partial charge in [0.05, 0.1) is 0 Å². The first-order valence-corrected chi connectivity index (χ1v) is 12.6. The first-order valence-electron chi connectivity index (χ1n) is 5.75.